The molecule has 0 saturated carbocycles. The molecule has 3 aromatic rings. The molecule has 0 amide bonds. The molecule has 0 aliphatic rings. The standard InChI is InChI=1S/C16H11Br2ClN2/c17-12-6-7-14(15(19)8-12)16(18)11-9-20-21(10-11)13-4-2-1-3-5-13/h1-10,16H. The highest BCUT2D eigenvalue weighted by Crippen LogP contribution is 2.36. The number of nitrogens with zero attached hydrogens (tertiary/aromatic N) is 2. The van der Waals surface area contributed by atoms with Crippen molar-refractivity contribution >= 4 is 43.5 Å². The summed E-state index contributed by atoms with van der Waals surface area (Å²) in [4.78, 5) is 0.00978. The predicted octanol–water partition coefficient (Wildman–Crippen LogP) is 5.77. The molecule has 1 atom stereocenters. The molecule has 21 heavy (non-hydrogen) atoms. The van der Waals surface area contributed by atoms with E-state index in [0.717, 1.165) is 26.3 Å². The molecular formula is C16H11Br2ClN2. The van der Waals surface area contributed by atoms with Gasteiger partial charge in [0.05, 0.1) is 16.7 Å². The van der Waals surface area contributed by atoms with Crippen LogP contribution in [-0.2, 0) is 0 Å². The minimum atomic E-state index is 0.00978. The highest BCUT2D eigenvalue weighted by Gasteiger charge is 2.16. The van der Waals surface area contributed by atoms with E-state index in [1.165, 1.54) is 0 Å². The minimum absolute atomic E-state index is 0.00978. The zero-order valence-corrected chi connectivity index (χ0v) is 14.8. The molecular weight excluding hydrogens is 415 g/mol. The normalized spacial score (nSPS) is 12.3. The van der Waals surface area contributed by atoms with Gasteiger partial charge in [0.15, 0.2) is 0 Å². The van der Waals surface area contributed by atoms with Gasteiger partial charge in [0.2, 0.25) is 0 Å². The fourth-order valence-electron chi connectivity index (χ4n) is 2.08. The molecule has 0 bridgehead atoms. The molecule has 0 saturated heterocycles. The maximum Gasteiger partial charge on any atom is 0.0690 e. The van der Waals surface area contributed by atoms with Crippen molar-refractivity contribution in [3.63, 3.8) is 0 Å². The summed E-state index contributed by atoms with van der Waals surface area (Å²) in [5.74, 6) is 0. The molecule has 5 heteroatoms. The van der Waals surface area contributed by atoms with Crippen molar-refractivity contribution in [3.8, 4) is 5.69 Å². The van der Waals surface area contributed by atoms with Crippen LogP contribution in [-0.4, -0.2) is 9.78 Å². The lowest BCUT2D eigenvalue weighted by atomic mass is 10.1. The smallest absolute Gasteiger partial charge is 0.0690 e. The Morgan fingerprint density at radius 2 is 1.86 bits per heavy atom. The number of para-hydroxylation sites is 1. The van der Waals surface area contributed by atoms with Gasteiger partial charge in [0, 0.05) is 21.3 Å². The van der Waals surface area contributed by atoms with Gasteiger partial charge in [-0.05, 0) is 29.8 Å². The Balaban J connectivity index is 1.92. The van der Waals surface area contributed by atoms with Crippen molar-refractivity contribution < 1.29 is 0 Å². The lowest BCUT2D eigenvalue weighted by molar-refractivity contribution is 0.880. The van der Waals surface area contributed by atoms with Gasteiger partial charge in [-0.25, -0.2) is 4.68 Å². The second-order valence-corrected chi connectivity index (χ2v) is 6.82. The van der Waals surface area contributed by atoms with E-state index < -0.39 is 0 Å². The third-order valence-electron chi connectivity index (χ3n) is 3.15. The summed E-state index contributed by atoms with van der Waals surface area (Å²) in [6.45, 7) is 0. The lowest BCUT2D eigenvalue weighted by Crippen LogP contribution is -1.94. The third-order valence-corrected chi connectivity index (χ3v) is 4.99. The monoisotopic (exact) mass is 424 g/mol. The molecule has 1 aromatic heterocycles. The number of alkyl halides is 1. The average Bonchev–Trinajstić information content (AvgIpc) is 2.97. The van der Waals surface area contributed by atoms with Gasteiger partial charge in [-0.2, -0.15) is 5.10 Å². The van der Waals surface area contributed by atoms with Crippen LogP contribution in [0.1, 0.15) is 16.0 Å². The van der Waals surface area contributed by atoms with E-state index >= 15 is 0 Å². The number of aromatic nitrogens is 2. The quantitative estimate of drug-likeness (QED) is 0.486. The average molecular weight is 427 g/mol. The Morgan fingerprint density at radius 3 is 2.57 bits per heavy atom. The number of hydrogen-bond acceptors (Lipinski definition) is 1. The first kappa shape index (κ1) is 14.8. The van der Waals surface area contributed by atoms with Crippen molar-refractivity contribution in [1.29, 1.82) is 0 Å². The molecule has 1 unspecified atom stereocenters. The molecule has 0 fully saturated rings. The molecule has 0 N–H and O–H groups in total. The topological polar surface area (TPSA) is 17.8 Å². The second-order valence-electron chi connectivity index (χ2n) is 4.58. The van der Waals surface area contributed by atoms with E-state index in [2.05, 4.69) is 37.0 Å². The highest BCUT2D eigenvalue weighted by atomic mass is 79.9. The summed E-state index contributed by atoms with van der Waals surface area (Å²) in [5.41, 5.74) is 3.11. The van der Waals surface area contributed by atoms with E-state index in [1.807, 2.05) is 65.6 Å². The Kier molecular flexibility index (Phi) is 4.48. The van der Waals surface area contributed by atoms with Crippen molar-refractivity contribution in [1.82, 2.24) is 9.78 Å². The Morgan fingerprint density at radius 1 is 1.10 bits per heavy atom. The molecule has 3 rings (SSSR count). The maximum absolute atomic E-state index is 6.31. The number of hydrogen-bond donors (Lipinski definition) is 0. The van der Waals surface area contributed by atoms with Crippen LogP contribution < -0.4 is 0 Å². The first-order valence-corrected chi connectivity index (χ1v) is 8.43. The maximum atomic E-state index is 6.31. The van der Waals surface area contributed by atoms with Crippen LogP contribution >= 0.6 is 43.5 Å². The molecule has 0 aliphatic carbocycles. The fourth-order valence-corrected chi connectivity index (χ4v) is 3.63. The van der Waals surface area contributed by atoms with E-state index in [9.17, 15) is 0 Å². The lowest BCUT2D eigenvalue weighted by Gasteiger charge is -2.10. The summed E-state index contributed by atoms with van der Waals surface area (Å²) in [6.07, 6.45) is 3.86. The van der Waals surface area contributed by atoms with E-state index in [-0.39, 0.29) is 4.83 Å². The van der Waals surface area contributed by atoms with Crippen molar-refractivity contribution in [2.24, 2.45) is 0 Å². The Hall–Kier alpha value is -1.10. The van der Waals surface area contributed by atoms with E-state index in [0.29, 0.717) is 0 Å². The molecule has 106 valence electrons. The summed E-state index contributed by atoms with van der Waals surface area (Å²) in [6, 6.07) is 15.9. The highest BCUT2D eigenvalue weighted by molar-refractivity contribution is 9.10. The first-order valence-electron chi connectivity index (χ1n) is 6.34. The van der Waals surface area contributed by atoms with Crippen molar-refractivity contribution in [2.45, 2.75) is 4.83 Å². The summed E-state index contributed by atoms with van der Waals surface area (Å²) in [7, 11) is 0. The summed E-state index contributed by atoms with van der Waals surface area (Å²) >= 11 is 13.4. The van der Waals surface area contributed by atoms with Crippen LogP contribution in [0.4, 0.5) is 0 Å². The number of halogens is 3. The van der Waals surface area contributed by atoms with Gasteiger partial charge in [-0.1, -0.05) is 67.7 Å². The van der Waals surface area contributed by atoms with Gasteiger partial charge in [0.1, 0.15) is 0 Å². The Bertz CT molecular complexity index is 756. The molecule has 2 nitrogen and oxygen atoms in total. The molecule has 0 aliphatic heterocycles. The van der Waals surface area contributed by atoms with Gasteiger partial charge < -0.3 is 0 Å². The minimum Gasteiger partial charge on any atom is -0.241 e. The molecule has 0 spiro atoms. The summed E-state index contributed by atoms with van der Waals surface area (Å²) in [5, 5.41) is 5.14. The SMILES string of the molecule is Clc1cc(Br)ccc1C(Br)c1cnn(-c2ccccc2)c1. The Labute approximate surface area is 145 Å². The van der Waals surface area contributed by atoms with Crippen LogP contribution in [0.15, 0.2) is 65.4 Å². The summed E-state index contributed by atoms with van der Waals surface area (Å²) < 4.78 is 2.83. The zero-order chi connectivity index (χ0) is 14.8. The van der Waals surface area contributed by atoms with Gasteiger partial charge >= 0.3 is 0 Å². The van der Waals surface area contributed by atoms with Gasteiger partial charge in [-0.3, -0.25) is 0 Å². The van der Waals surface area contributed by atoms with Gasteiger partial charge in [0.25, 0.3) is 0 Å². The molecule has 0 radical (unpaired) electrons. The molecule has 2 aromatic carbocycles. The van der Waals surface area contributed by atoms with Gasteiger partial charge in [-0.15, -0.1) is 0 Å². The van der Waals surface area contributed by atoms with Crippen LogP contribution in [0.25, 0.3) is 5.69 Å². The number of benzene rings is 2. The van der Waals surface area contributed by atoms with Crippen molar-refractivity contribution in [2.75, 3.05) is 0 Å². The van der Waals surface area contributed by atoms with Crippen molar-refractivity contribution in [3.05, 3.63) is 81.5 Å². The zero-order valence-electron chi connectivity index (χ0n) is 10.9. The predicted molar refractivity (Wildman–Crippen MR) is 93.5 cm³/mol. The van der Waals surface area contributed by atoms with E-state index in [1.54, 1.807) is 0 Å². The van der Waals surface area contributed by atoms with Crippen LogP contribution in [0.3, 0.4) is 0 Å². The first-order chi connectivity index (χ1) is 10.1. The molecule has 1 heterocycles. The van der Waals surface area contributed by atoms with Crippen LogP contribution in [0, 0.1) is 0 Å². The van der Waals surface area contributed by atoms with Crippen LogP contribution in [0.2, 0.25) is 5.02 Å². The third kappa shape index (κ3) is 3.23. The largest absolute Gasteiger partial charge is 0.241 e. The van der Waals surface area contributed by atoms with Crippen LogP contribution in [0.5, 0.6) is 0 Å². The fraction of sp³-hybridized carbons (Fsp3) is 0.0625. The number of rotatable bonds is 3. The van der Waals surface area contributed by atoms with E-state index in [4.69, 9.17) is 11.6 Å². The second kappa shape index (κ2) is 6.34.